The van der Waals surface area contributed by atoms with Crippen LogP contribution in [0.4, 0.5) is 16.4 Å². The van der Waals surface area contributed by atoms with Crippen molar-refractivity contribution in [2.45, 2.75) is 0 Å². The van der Waals surface area contributed by atoms with E-state index in [0.29, 0.717) is 5.69 Å². The zero-order valence-corrected chi connectivity index (χ0v) is 9.88. The van der Waals surface area contributed by atoms with Crippen molar-refractivity contribution in [2.24, 2.45) is 0 Å². The number of nitrogens with one attached hydrogen (secondary N) is 4. The number of carbonyl (C=O) groups excluding carboxylic acids is 2. The van der Waals surface area contributed by atoms with Gasteiger partial charge in [0.05, 0.1) is 6.54 Å². The van der Waals surface area contributed by atoms with E-state index in [-0.39, 0.29) is 12.5 Å². The van der Waals surface area contributed by atoms with Gasteiger partial charge in [-0.05, 0) is 12.1 Å². The molecule has 8 heteroatoms. The van der Waals surface area contributed by atoms with E-state index in [2.05, 4.69) is 31.1 Å². The van der Waals surface area contributed by atoms with Crippen molar-refractivity contribution in [2.75, 3.05) is 17.2 Å². The van der Waals surface area contributed by atoms with Crippen molar-refractivity contribution >= 4 is 23.6 Å². The molecule has 0 atom stereocenters. The van der Waals surface area contributed by atoms with Crippen molar-refractivity contribution in [3.8, 4) is 0 Å². The van der Waals surface area contributed by atoms with Crippen LogP contribution in [0, 0.1) is 0 Å². The van der Waals surface area contributed by atoms with Gasteiger partial charge in [0.2, 0.25) is 11.9 Å². The molecule has 0 saturated heterocycles. The number of urea groups is 1. The highest BCUT2D eigenvalue weighted by Crippen LogP contribution is 2.03. The topological polar surface area (TPSA) is 112 Å². The Morgan fingerprint density at radius 3 is 2.63 bits per heavy atom. The van der Waals surface area contributed by atoms with Crippen LogP contribution in [0.5, 0.6) is 0 Å². The minimum absolute atomic E-state index is 0.167. The number of aromatic nitrogens is 3. The van der Waals surface area contributed by atoms with Crippen molar-refractivity contribution < 1.29 is 9.59 Å². The molecule has 8 nitrogen and oxygen atoms in total. The molecule has 1 heterocycles. The molecule has 0 aliphatic carbocycles. The number of rotatable bonds is 4. The maximum absolute atomic E-state index is 11.5. The highest BCUT2D eigenvalue weighted by Gasteiger charge is 2.06. The molecule has 98 valence electrons. The van der Waals surface area contributed by atoms with Crippen LogP contribution >= 0.6 is 0 Å². The SMILES string of the molecule is O=C(CNC(=O)Nc1ccccc1)Nc1ncn[nH]1. The monoisotopic (exact) mass is 260 g/mol. The molecular formula is C11H12N6O2. The Bertz CT molecular complexity index is 540. The minimum Gasteiger partial charge on any atom is -0.329 e. The number of para-hydroxylation sites is 1. The predicted molar refractivity (Wildman–Crippen MR) is 68.5 cm³/mol. The summed E-state index contributed by atoms with van der Waals surface area (Å²) in [6.45, 7) is -0.167. The van der Waals surface area contributed by atoms with Crippen molar-refractivity contribution in [1.29, 1.82) is 0 Å². The standard InChI is InChI=1S/C11H12N6O2/c18-9(16-10-13-7-14-17-10)6-12-11(19)15-8-4-2-1-3-5-8/h1-5,7H,6H2,(H2,12,15,19)(H2,13,14,16,17,18). The molecular weight excluding hydrogens is 248 g/mol. The van der Waals surface area contributed by atoms with Gasteiger partial charge in [0.1, 0.15) is 6.33 Å². The fourth-order valence-corrected chi connectivity index (χ4v) is 1.30. The Morgan fingerprint density at radius 2 is 1.95 bits per heavy atom. The molecule has 0 fully saturated rings. The van der Waals surface area contributed by atoms with Gasteiger partial charge in [-0.15, -0.1) is 0 Å². The third-order valence-corrected chi connectivity index (χ3v) is 2.11. The molecule has 4 N–H and O–H groups in total. The van der Waals surface area contributed by atoms with E-state index in [0.717, 1.165) is 0 Å². The van der Waals surface area contributed by atoms with E-state index >= 15 is 0 Å². The van der Waals surface area contributed by atoms with Crippen molar-refractivity contribution in [1.82, 2.24) is 20.5 Å². The van der Waals surface area contributed by atoms with Gasteiger partial charge in [0.25, 0.3) is 0 Å². The quantitative estimate of drug-likeness (QED) is 0.643. The number of amides is 3. The Morgan fingerprint density at radius 1 is 1.16 bits per heavy atom. The van der Waals surface area contributed by atoms with E-state index in [1.165, 1.54) is 6.33 Å². The Balaban J connectivity index is 1.73. The van der Waals surface area contributed by atoms with Crippen molar-refractivity contribution in [3.63, 3.8) is 0 Å². The smallest absolute Gasteiger partial charge is 0.319 e. The zero-order chi connectivity index (χ0) is 13.5. The number of anilines is 2. The fourth-order valence-electron chi connectivity index (χ4n) is 1.30. The summed E-state index contributed by atoms with van der Waals surface area (Å²) < 4.78 is 0. The largest absolute Gasteiger partial charge is 0.329 e. The molecule has 0 bridgehead atoms. The molecule has 0 radical (unpaired) electrons. The molecule has 0 aliphatic heterocycles. The molecule has 1 aromatic carbocycles. The van der Waals surface area contributed by atoms with Gasteiger partial charge in [-0.3, -0.25) is 10.1 Å². The van der Waals surface area contributed by atoms with Gasteiger partial charge >= 0.3 is 6.03 Å². The molecule has 0 unspecified atom stereocenters. The maximum atomic E-state index is 11.5. The van der Waals surface area contributed by atoms with Crippen LogP contribution in [0.3, 0.4) is 0 Å². The van der Waals surface area contributed by atoms with E-state index in [1.54, 1.807) is 24.3 Å². The van der Waals surface area contributed by atoms with Gasteiger partial charge in [-0.1, -0.05) is 18.2 Å². The highest BCUT2D eigenvalue weighted by molar-refractivity contribution is 5.96. The molecule has 0 aliphatic rings. The summed E-state index contributed by atoms with van der Waals surface area (Å²) in [5, 5.41) is 13.5. The lowest BCUT2D eigenvalue weighted by Gasteiger charge is -2.06. The first kappa shape index (κ1) is 12.6. The second kappa shape index (κ2) is 6.15. The summed E-state index contributed by atoms with van der Waals surface area (Å²) >= 11 is 0. The van der Waals surface area contributed by atoms with E-state index in [9.17, 15) is 9.59 Å². The fraction of sp³-hybridized carbons (Fsp3) is 0.0909. The summed E-state index contributed by atoms with van der Waals surface area (Å²) in [6.07, 6.45) is 1.27. The Kier molecular flexibility index (Phi) is 4.06. The number of hydrogen-bond donors (Lipinski definition) is 4. The second-order valence-corrected chi connectivity index (χ2v) is 3.56. The van der Waals surface area contributed by atoms with E-state index < -0.39 is 11.9 Å². The first-order chi connectivity index (χ1) is 9.24. The van der Waals surface area contributed by atoms with Crippen molar-refractivity contribution in [3.05, 3.63) is 36.7 Å². The highest BCUT2D eigenvalue weighted by atomic mass is 16.2. The molecule has 3 amide bonds. The summed E-state index contributed by atoms with van der Waals surface area (Å²) in [5.74, 6) is -0.171. The third kappa shape index (κ3) is 4.11. The number of aromatic amines is 1. The predicted octanol–water partition coefficient (Wildman–Crippen LogP) is 0.565. The lowest BCUT2D eigenvalue weighted by molar-refractivity contribution is -0.115. The number of benzene rings is 1. The summed E-state index contributed by atoms with van der Waals surface area (Å²) in [7, 11) is 0. The summed E-state index contributed by atoms with van der Waals surface area (Å²) in [4.78, 5) is 26.6. The van der Waals surface area contributed by atoms with Crippen LogP contribution in [-0.2, 0) is 4.79 Å². The zero-order valence-electron chi connectivity index (χ0n) is 9.88. The lowest BCUT2D eigenvalue weighted by Crippen LogP contribution is -2.35. The van der Waals surface area contributed by atoms with Crippen LogP contribution in [0.15, 0.2) is 36.7 Å². The molecule has 2 aromatic rings. The Labute approximate surface area is 108 Å². The second-order valence-electron chi connectivity index (χ2n) is 3.56. The Hall–Kier alpha value is -2.90. The van der Waals surface area contributed by atoms with Gasteiger partial charge in [0, 0.05) is 5.69 Å². The molecule has 0 saturated carbocycles. The summed E-state index contributed by atoms with van der Waals surface area (Å²) in [6, 6.07) is 8.47. The lowest BCUT2D eigenvalue weighted by atomic mass is 10.3. The number of hydrogen-bond acceptors (Lipinski definition) is 4. The first-order valence-corrected chi connectivity index (χ1v) is 5.49. The van der Waals surface area contributed by atoms with E-state index in [4.69, 9.17) is 0 Å². The van der Waals surface area contributed by atoms with E-state index in [1.807, 2.05) is 6.07 Å². The molecule has 2 rings (SSSR count). The molecule has 0 spiro atoms. The van der Waals surface area contributed by atoms with Crippen LogP contribution in [0.25, 0.3) is 0 Å². The average molecular weight is 260 g/mol. The van der Waals surface area contributed by atoms with Gasteiger partial charge in [-0.25, -0.2) is 9.89 Å². The number of carbonyl (C=O) groups is 2. The molecule has 1 aromatic heterocycles. The first-order valence-electron chi connectivity index (χ1n) is 5.49. The third-order valence-electron chi connectivity index (χ3n) is 2.11. The van der Waals surface area contributed by atoms with Crippen LogP contribution in [0.1, 0.15) is 0 Å². The van der Waals surface area contributed by atoms with Gasteiger partial charge < -0.3 is 10.6 Å². The van der Waals surface area contributed by atoms with Crippen LogP contribution in [-0.4, -0.2) is 33.7 Å². The van der Waals surface area contributed by atoms with Gasteiger partial charge in [0.15, 0.2) is 0 Å². The number of H-pyrrole nitrogens is 1. The molecule has 19 heavy (non-hydrogen) atoms. The van der Waals surface area contributed by atoms with Crippen LogP contribution in [0.2, 0.25) is 0 Å². The normalized spacial score (nSPS) is 9.68. The van der Waals surface area contributed by atoms with Crippen LogP contribution < -0.4 is 16.0 Å². The maximum Gasteiger partial charge on any atom is 0.319 e. The number of nitrogens with zero attached hydrogens (tertiary/aromatic N) is 2. The minimum atomic E-state index is -0.459. The average Bonchev–Trinajstić information content (AvgIpc) is 2.90. The summed E-state index contributed by atoms with van der Waals surface area (Å²) in [5.41, 5.74) is 0.649. The van der Waals surface area contributed by atoms with Gasteiger partial charge in [-0.2, -0.15) is 10.1 Å².